The van der Waals surface area contributed by atoms with Gasteiger partial charge in [-0.25, -0.2) is 0 Å². The fourth-order valence-electron chi connectivity index (χ4n) is 1.63. The number of ether oxygens (including phenoxy) is 1. The van der Waals surface area contributed by atoms with Gasteiger partial charge in [0.25, 0.3) is 5.69 Å². The first-order chi connectivity index (χ1) is 9.56. The van der Waals surface area contributed by atoms with Crippen LogP contribution in [-0.2, 0) is 4.74 Å². The molecule has 1 aromatic carbocycles. The number of anilines is 1. The Morgan fingerprint density at radius 3 is 2.80 bits per heavy atom. The molecule has 1 aromatic rings. The van der Waals surface area contributed by atoms with E-state index < -0.39 is 10.8 Å². The van der Waals surface area contributed by atoms with Crippen LogP contribution in [0.3, 0.4) is 0 Å². The van der Waals surface area contributed by atoms with Gasteiger partial charge in [0, 0.05) is 31.4 Å². The smallest absolute Gasteiger partial charge is 0.292 e. The SMILES string of the molecule is CCCOCCCNc1cc(C(N)=O)ccc1[N+](=O)[O-]. The molecule has 0 atom stereocenters. The second-order valence-electron chi connectivity index (χ2n) is 4.25. The molecular formula is C13H19N3O4. The zero-order valence-corrected chi connectivity index (χ0v) is 11.4. The van der Waals surface area contributed by atoms with Crippen molar-refractivity contribution in [2.24, 2.45) is 5.73 Å². The summed E-state index contributed by atoms with van der Waals surface area (Å²) in [6.45, 7) is 3.84. The molecule has 0 heterocycles. The van der Waals surface area contributed by atoms with Crippen LogP contribution in [0.15, 0.2) is 18.2 Å². The van der Waals surface area contributed by atoms with E-state index >= 15 is 0 Å². The van der Waals surface area contributed by atoms with E-state index in [0.717, 1.165) is 12.8 Å². The van der Waals surface area contributed by atoms with E-state index in [1.807, 2.05) is 6.92 Å². The number of primary amides is 1. The van der Waals surface area contributed by atoms with Gasteiger partial charge in [0.1, 0.15) is 5.69 Å². The Labute approximate surface area is 117 Å². The van der Waals surface area contributed by atoms with Gasteiger partial charge < -0.3 is 15.8 Å². The zero-order chi connectivity index (χ0) is 15.0. The third-order valence-electron chi connectivity index (χ3n) is 2.61. The van der Waals surface area contributed by atoms with Crippen LogP contribution in [0.2, 0.25) is 0 Å². The van der Waals surface area contributed by atoms with E-state index in [1.165, 1.54) is 18.2 Å². The molecule has 3 N–H and O–H groups in total. The number of benzene rings is 1. The van der Waals surface area contributed by atoms with Crippen LogP contribution in [0.4, 0.5) is 11.4 Å². The molecule has 0 aliphatic heterocycles. The van der Waals surface area contributed by atoms with E-state index in [4.69, 9.17) is 10.5 Å². The van der Waals surface area contributed by atoms with Gasteiger partial charge >= 0.3 is 0 Å². The average molecular weight is 281 g/mol. The second-order valence-corrected chi connectivity index (χ2v) is 4.25. The van der Waals surface area contributed by atoms with Gasteiger partial charge in [-0.05, 0) is 25.0 Å². The molecule has 20 heavy (non-hydrogen) atoms. The van der Waals surface area contributed by atoms with E-state index in [-0.39, 0.29) is 11.3 Å². The molecule has 0 unspecified atom stereocenters. The highest BCUT2D eigenvalue weighted by atomic mass is 16.6. The summed E-state index contributed by atoms with van der Waals surface area (Å²) in [5.41, 5.74) is 5.61. The number of carbonyl (C=O) groups excluding carboxylic acids is 1. The van der Waals surface area contributed by atoms with Crippen molar-refractivity contribution in [2.45, 2.75) is 19.8 Å². The molecule has 0 saturated heterocycles. The number of amides is 1. The van der Waals surface area contributed by atoms with Crippen molar-refractivity contribution in [1.82, 2.24) is 0 Å². The van der Waals surface area contributed by atoms with Crippen LogP contribution in [0.1, 0.15) is 30.1 Å². The molecule has 0 saturated carbocycles. The number of hydrogen-bond acceptors (Lipinski definition) is 5. The molecule has 0 aromatic heterocycles. The summed E-state index contributed by atoms with van der Waals surface area (Å²) in [6.07, 6.45) is 1.68. The Morgan fingerprint density at radius 1 is 1.45 bits per heavy atom. The van der Waals surface area contributed by atoms with Gasteiger partial charge in [-0.1, -0.05) is 6.92 Å². The summed E-state index contributed by atoms with van der Waals surface area (Å²) >= 11 is 0. The van der Waals surface area contributed by atoms with Crippen molar-refractivity contribution in [3.8, 4) is 0 Å². The maximum absolute atomic E-state index is 11.1. The highest BCUT2D eigenvalue weighted by Crippen LogP contribution is 2.25. The minimum absolute atomic E-state index is 0.0792. The van der Waals surface area contributed by atoms with Crippen LogP contribution in [0, 0.1) is 10.1 Å². The van der Waals surface area contributed by atoms with Crippen molar-refractivity contribution in [3.63, 3.8) is 0 Å². The number of rotatable bonds is 9. The van der Waals surface area contributed by atoms with E-state index in [0.29, 0.717) is 25.4 Å². The van der Waals surface area contributed by atoms with E-state index in [9.17, 15) is 14.9 Å². The highest BCUT2D eigenvalue weighted by molar-refractivity contribution is 5.94. The Bertz CT molecular complexity index is 477. The number of nitrogens with one attached hydrogen (secondary N) is 1. The lowest BCUT2D eigenvalue weighted by Crippen LogP contribution is -2.13. The highest BCUT2D eigenvalue weighted by Gasteiger charge is 2.15. The summed E-state index contributed by atoms with van der Waals surface area (Å²) in [4.78, 5) is 21.5. The summed E-state index contributed by atoms with van der Waals surface area (Å²) < 4.78 is 5.31. The molecule has 7 nitrogen and oxygen atoms in total. The molecule has 110 valence electrons. The maximum Gasteiger partial charge on any atom is 0.292 e. The number of carbonyl (C=O) groups is 1. The molecule has 7 heteroatoms. The monoisotopic (exact) mass is 281 g/mol. The normalized spacial score (nSPS) is 10.2. The van der Waals surface area contributed by atoms with Crippen molar-refractivity contribution in [1.29, 1.82) is 0 Å². The Kier molecular flexibility index (Phi) is 6.45. The lowest BCUT2D eigenvalue weighted by Gasteiger charge is -2.08. The zero-order valence-electron chi connectivity index (χ0n) is 11.4. The predicted molar refractivity (Wildman–Crippen MR) is 75.8 cm³/mol. The molecule has 0 fully saturated rings. The number of nitrogens with zero attached hydrogens (tertiary/aromatic N) is 1. The van der Waals surface area contributed by atoms with Gasteiger partial charge in [-0.3, -0.25) is 14.9 Å². The first-order valence-electron chi connectivity index (χ1n) is 6.46. The Balaban J connectivity index is 2.63. The molecule has 0 aliphatic carbocycles. The van der Waals surface area contributed by atoms with Gasteiger partial charge in [0.2, 0.25) is 5.91 Å². The standard InChI is InChI=1S/C13H19N3O4/c1-2-7-20-8-3-6-15-11-9-10(13(14)17)4-5-12(11)16(18)19/h4-5,9,15H,2-3,6-8H2,1H3,(H2,14,17). The quantitative estimate of drug-likeness (QED) is 0.408. The average Bonchev–Trinajstić information content (AvgIpc) is 2.42. The molecule has 0 aliphatic rings. The van der Waals surface area contributed by atoms with Crippen LogP contribution < -0.4 is 11.1 Å². The molecule has 0 spiro atoms. The molecule has 0 radical (unpaired) electrons. The summed E-state index contributed by atoms with van der Waals surface area (Å²) in [5, 5.41) is 13.8. The number of nitro groups is 1. The van der Waals surface area contributed by atoms with Crippen molar-refractivity contribution < 1.29 is 14.5 Å². The fourth-order valence-corrected chi connectivity index (χ4v) is 1.63. The minimum Gasteiger partial charge on any atom is -0.381 e. The Hall–Kier alpha value is -2.15. The lowest BCUT2D eigenvalue weighted by atomic mass is 10.1. The largest absolute Gasteiger partial charge is 0.381 e. The summed E-state index contributed by atoms with van der Waals surface area (Å²) in [5.74, 6) is -0.616. The molecular weight excluding hydrogens is 262 g/mol. The summed E-state index contributed by atoms with van der Waals surface area (Å²) in [7, 11) is 0. The van der Waals surface area contributed by atoms with Crippen molar-refractivity contribution in [3.05, 3.63) is 33.9 Å². The summed E-state index contributed by atoms with van der Waals surface area (Å²) in [6, 6.07) is 4.01. The van der Waals surface area contributed by atoms with Crippen LogP contribution in [0.5, 0.6) is 0 Å². The maximum atomic E-state index is 11.1. The first kappa shape index (κ1) is 15.9. The van der Waals surface area contributed by atoms with Crippen molar-refractivity contribution >= 4 is 17.3 Å². The van der Waals surface area contributed by atoms with Crippen molar-refractivity contribution in [2.75, 3.05) is 25.1 Å². The number of nitro benzene ring substituents is 1. The first-order valence-corrected chi connectivity index (χ1v) is 6.46. The van der Waals surface area contributed by atoms with Gasteiger partial charge in [0.15, 0.2) is 0 Å². The predicted octanol–water partition coefficient (Wildman–Crippen LogP) is 1.92. The molecule has 1 amide bonds. The minimum atomic E-state index is -0.616. The lowest BCUT2D eigenvalue weighted by molar-refractivity contribution is -0.384. The topological polar surface area (TPSA) is 107 Å². The molecule has 1 rings (SSSR count). The van der Waals surface area contributed by atoms with Crippen LogP contribution >= 0.6 is 0 Å². The number of hydrogen-bond donors (Lipinski definition) is 2. The Morgan fingerprint density at radius 2 is 2.20 bits per heavy atom. The van der Waals surface area contributed by atoms with Crippen LogP contribution in [-0.4, -0.2) is 30.6 Å². The third kappa shape index (κ3) is 4.85. The van der Waals surface area contributed by atoms with Gasteiger partial charge in [-0.2, -0.15) is 0 Å². The molecule has 0 bridgehead atoms. The van der Waals surface area contributed by atoms with E-state index in [2.05, 4.69) is 5.32 Å². The van der Waals surface area contributed by atoms with Gasteiger partial charge in [-0.15, -0.1) is 0 Å². The van der Waals surface area contributed by atoms with E-state index in [1.54, 1.807) is 0 Å². The fraction of sp³-hybridized carbons (Fsp3) is 0.462. The number of nitrogens with two attached hydrogens (primary N) is 1. The van der Waals surface area contributed by atoms with Gasteiger partial charge in [0.05, 0.1) is 4.92 Å². The third-order valence-corrected chi connectivity index (χ3v) is 2.61. The second kappa shape index (κ2) is 8.11. The van der Waals surface area contributed by atoms with Crippen LogP contribution in [0.25, 0.3) is 0 Å².